The zero-order valence-corrected chi connectivity index (χ0v) is 47.8. The van der Waals surface area contributed by atoms with E-state index in [0.29, 0.717) is 12.8 Å². The molecule has 0 radical (unpaired) electrons. The van der Waals surface area contributed by atoms with Crippen LogP contribution in [0.25, 0.3) is 0 Å². The highest BCUT2D eigenvalue weighted by Gasteiger charge is 2.44. The summed E-state index contributed by atoms with van der Waals surface area (Å²) in [4.78, 5) is 13.2. The molecule has 1 amide bonds. The molecule has 0 saturated carbocycles. The van der Waals surface area contributed by atoms with Gasteiger partial charge in [0, 0.05) is 0 Å². The van der Waals surface area contributed by atoms with Crippen molar-refractivity contribution in [2.45, 2.75) is 345 Å². The van der Waals surface area contributed by atoms with Crippen molar-refractivity contribution in [3.05, 3.63) is 36.5 Å². The fraction of sp³-hybridized carbons (Fsp3) is 0.889. The number of aliphatic hydroxyl groups is 7. The number of amides is 1. The molecule has 0 aromatic rings. The lowest BCUT2D eigenvalue weighted by atomic mass is 9.98. The summed E-state index contributed by atoms with van der Waals surface area (Å²) in [7, 11) is 0. The SMILES string of the molecule is CCCCCCCC/C=C/CCCC(O)C(O)C(COC1OC(CO)C(O)C(O)C1O)NC(=O)C(O)CCCCCCCCCCCCCCCCCC/C=C\C/C=C\CCCCCCCCCCCCCCC. The molecule has 8 N–H and O–H groups in total. The first kappa shape index (κ1) is 70.3. The van der Waals surface area contributed by atoms with Crippen LogP contribution >= 0.6 is 0 Å². The van der Waals surface area contributed by atoms with E-state index in [9.17, 15) is 40.5 Å². The van der Waals surface area contributed by atoms with Gasteiger partial charge in [0.2, 0.25) is 5.91 Å². The highest BCUT2D eigenvalue weighted by molar-refractivity contribution is 5.80. The number of allylic oxidation sites excluding steroid dienone is 6. The van der Waals surface area contributed by atoms with Gasteiger partial charge in [0.05, 0.1) is 25.4 Å². The Morgan fingerprint density at radius 2 is 0.838 bits per heavy atom. The molecule has 0 aliphatic carbocycles. The Morgan fingerprint density at radius 1 is 0.473 bits per heavy atom. The molecule has 9 unspecified atom stereocenters. The number of unbranched alkanes of at least 4 members (excludes halogenated alkanes) is 36. The molecule has 1 rings (SSSR count). The smallest absolute Gasteiger partial charge is 0.249 e. The molecule has 436 valence electrons. The number of carbonyl (C=O) groups excluding carboxylic acids is 1. The van der Waals surface area contributed by atoms with Crippen LogP contribution < -0.4 is 5.32 Å². The Hall–Kier alpha value is -1.67. The van der Waals surface area contributed by atoms with Crippen LogP contribution in [0.3, 0.4) is 0 Å². The molecule has 1 saturated heterocycles. The van der Waals surface area contributed by atoms with Crippen LogP contribution in [-0.4, -0.2) is 110 Å². The Kier molecular flexibility index (Phi) is 49.5. The van der Waals surface area contributed by atoms with Crippen LogP contribution in [-0.2, 0) is 14.3 Å². The number of ether oxygens (including phenoxy) is 2. The lowest BCUT2D eigenvalue weighted by molar-refractivity contribution is -0.303. The minimum absolute atomic E-state index is 0.255. The molecule has 0 bridgehead atoms. The summed E-state index contributed by atoms with van der Waals surface area (Å²) in [6.07, 6.45) is 53.9. The minimum Gasteiger partial charge on any atom is -0.394 e. The maximum absolute atomic E-state index is 13.2. The number of aliphatic hydroxyl groups excluding tert-OH is 7. The Balaban J connectivity index is 2.13. The van der Waals surface area contributed by atoms with Crippen LogP contribution in [0.2, 0.25) is 0 Å². The van der Waals surface area contributed by atoms with Crippen LogP contribution in [0.15, 0.2) is 36.5 Å². The van der Waals surface area contributed by atoms with Gasteiger partial charge in [0.15, 0.2) is 6.29 Å². The number of hydrogen-bond donors (Lipinski definition) is 8. The normalized spacial score (nSPS) is 20.0. The van der Waals surface area contributed by atoms with E-state index in [1.54, 1.807) is 0 Å². The van der Waals surface area contributed by atoms with E-state index in [2.05, 4.69) is 55.6 Å². The van der Waals surface area contributed by atoms with Crippen molar-refractivity contribution in [3.8, 4) is 0 Å². The highest BCUT2D eigenvalue weighted by Crippen LogP contribution is 2.23. The molecular formula is C63H119NO10. The molecule has 11 nitrogen and oxygen atoms in total. The lowest BCUT2D eigenvalue weighted by Gasteiger charge is -2.40. The third-order valence-electron chi connectivity index (χ3n) is 15.2. The van der Waals surface area contributed by atoms with Crippen molar-refractivity contribution < 1.29 is 50.0 Å². The largest absolute Gasteiger partial charge is 0.394 e. The molecule has 1 aliphatic heterocycles. The quantitative estimate of drug-likeness (QED) is 0.0215. The topological polar surface area (TPSA) is 189 Å². The number of hydrogen-bond acceptors (Lipinski definition) is 10. The number of carbonyl (C=O) groups is 1. The summed E-state index contributed by atoms with van der Waals surface area (Å²) in [5, 5.41) is 75.9. The van der Waals surface area contributed by atoms with E-state index in [1.807, 2.05) is 0 Å². The van der Waals surface area contributed by atoms with Gasteiger partial charge in [-0.15, -0.1) is 0 Å². The van der Waals surface area contributed by atoms with E-state index in [4.69, 9.17) is 9.47 Å². The van der Waals surface area contributed by atoms with Gasteiger partial charge < -0.3 is 50.5 Å². The van der Waals surface area contributed by atoms with Gasteiger partial charge in [0.25, 0.3) is 0 Å². The summed E-state index contributed by atoms with van der Waals surface area (Å²) < 4.78 is 11.1. The van der Waals surface area contributed by atoms with E-state index in [0.717, 1.165) is 44.9 Å². The molecule has 0 aromatic carbocycles. The second-order valence-electron chi connectivity index (χ2n) is 22.1. The van der Waals surface area contributed by atoms with E-state index < -0.39 is 74.2 Å². The summed E-state index contributed by atoms with van der Waals surface area (Å²) in [5.74, 6) is -0.705. The van der Waals surface area contributed by atoms with Gasteiger partial charge in [-0.05, 0) is 70.6 Å². The highest BCUT2D eigenvalue weighted by atomic mass is 16.7. The zero-order chi connectivity index (χ0) is 54.0. The third-order valence-corrected chi connectivity index (χ3v) is 15.2. The summed E-state index contributed by atoms with van der Waals surface area (Å²) >= 11 is 0. The van der Waals surface area contributed by atoms with Gasteiger partial charge in [0.1, 0.15) is 36.6 Å². The van der Waals surface area contributed by atoms with Crippen molar-refractivity contribution >= 4 is 5.91 Å². The second-order valence-corrected chi connectivity index (χ2v) is 22.1. The third kappa shape index (κ3) is 39.7. The van der Waals surface area contributed by atoms with E-state index in [1.165, 1.54) is 205 Å². The van der Waals surface area contributed by atoms with Crippen molar-refractivity contribution in [1.29, 1.82) is 0 Å². The number of rotatable bonds is 54. The second kappa shape index (κ2) is 52.1. The fourth-order valence-electron chi connectivity index (χ4n) is 10.1. The zero-order valence-electron chi connectivity index (χ0n) is 47.8. The monoisotopic (exact) mass is 1050 g/mol. The molecule has 1 fully saturated rings. The van der Waals surface area contributed by atoms with Gasteiger partial charge in [-0.1, -0.05) is 256 Å². The van der Waals surface area contributed by atoms with Gasteiger partial charge in [-0.3, -0.25) is 4.79 Å². The summed E-state index contributed by atoms with van der Waals surface area (Å²) in [6.45, 7) is 3.43. The predicted octanol–water partition coefficient (Wildman–Crippen LogP) is 13.9. The Bertz CT molecular complexity index is 1300. The van der Waals surface area contributed by atoms with Crippen LogP contribution in [0.4, 0.5) is 0 Å². The molecular weight excluding hydrogens is 931 g/mol. The van der Waals surface area contributed by atoms with Crippen LogP contribution in [0.1, 0.15) is 290 Å². The molecule has 74 heavy (non-hydrogen) atoms. The van der Waals surface area contributed by atoms with Crippen molar-refractivity contribution in [2.24, 2.45) is 0 Å². The van der Waals surface area contributed by atoms with Crippen LogP contribution in [0.5, 0.6) is 0 Å². The Morgan fingerprint density at radius 3 is 1.24 bits per heavy atom. The van der Waals surface area contributed by atoms with Crippen molar-refractivity contribution in [3.63, 3.8) is 0 Å². The minimum atomic E-state index is -1.67. The summed E-state index contributed by atoms with van der Waals surface area (Å²) in [5.41, 5.74) is 0. The molecule has 9 atom stereocenters. The average molecular weight is 1050 g/mol. The fourth-order valence-corrected chi connectivity index (χ4v) is 10.1. The maximum Gasteiger partial charge on any atom is 0.249 e. The Labute approximate surface area is 454 Å². The maximum atomic E-state index is 13.2. The first-order valence-corrected chi connectivity index (χ1v) is 31.4. The van der Waals surface area contributed by atoms with Gasteiger partial charge in [-0.25, -0.2) is 0 Å². The standard InChI is InChI=1S/C63H119NO10/c1-3-5-7-9-11-13-15-16-17-18-19-20-21-22-23-24-25-26-27-28-29-30-31-32-33-34-35-36-37-38-39-41-43-45-47-49-51-56(67)62(72)64-54(53-73-63-61(71)60(70)59(69)57(52-65)74-63)58(68)55(66)50-48-46-44-42-40-14-12-10-8-6-4-2/h23-24,26-27,42,44,54-61,63,65-71H,3-22,25,28-41,43,45-53H2,1-2H3,(H,64,72)/b24-23-,27-26-,44-42+. The molecule has 0 aromatic heterocycles. The summed E-state index contributed by atoms with van der Waals surface area (Å²) in [6, 6.07) is -1.18. The van der Waals surface area contributed by atoms with Crippen molar-refractivity contribution in [2.75, 3.05) is 13.2 Å². The van der Waals surface area contributed by atoms with E-state index >= 15 is 0 Å². The van der Waals surface area contributed by atoms with Crippen LogP contribution in [0, 0.1) is 0 Å². The molecule has 1 heterocycles. The molecule has 1 aliphatic rings. The predicted molar refractivity (Wildman–Crippen MR) is 307 cm³/mol. The first-order chi connectivity index (χ1) is 36.2. The number of nitrogens with one attached hydrogen (secondary N) is 1. The molecule has 0 spiro atoms. The van der Waals surface area contributed by atoms with Gasteiger partial charge >= 0.3 is 0 Å². The van der Waals surface area contributed by atoms with Gasteiger partial charge in [-0.2, -0.15) is 0 Å². The van der Waals surface area contributed by atoms with E-state index in [-0.39, 0.29) is 12.8 Å². The first-order valence-electron chi connectivity index (χ1n) is 31.4. The average Bonchev–Trinajstić information content (AvgIpc) is 3.40. The lowest BCUT2D eigenvalue weighted by Crippen LogP contribution is -2.60. The molecule has 11 heteroatoms. The van der Waals surface area contributed by atoms with Crippen molar-refractivity contribution in [1.82, 2.24) is 5.32 Å².